The van der Waals surface area contributed by atoms with Crippen molar-refractivity contribution in [3.63, 3.8) is 0 Å². The Hall–Kier alpha value is -2.02. The van der Waals surface area contributed by atoms with Crippen molar-refractivity contribution in [2.75, 3.05) is 0 Å². The van der Waals surface area contributed by atoms with E-state index < -0.39 is 0 Å². The topological polar surface area (TPSA) is 48.4 Å². The minimum Gasteiger partial charge on any atom is -1.00 e. The normalized spacial score (nSPS) is 9.07. The summed E-state index contributed by atoms with van der Waals surface area (Å²) in [7, 11) is 0. The molecule has 1 N–H and O–H groups in total. The van der Waals surface area contributed by atoms with Crippen LogP contribution in [-0.4, -0.2) is 13.5 Å². The second-order valence-electron chi connectivity index (χ2n) is 2.75. The van der Waals surface area contributed by atoms with Crippen LogP contribution < -0.4 is 0 Å². The molecule has 14 heavy (non-hydrogen) atoms. The lowest BCUT2D eigenvalue weighted by molar-refractivity contribution is 0.479. The zero-order chi connectivity index (χ0) is 9.26. The van der Waals surface area contributed by atoms with Crippen LogP contribution in [0.4, 0.5) is 5.69 Å². The number of phenolic OH excluding ortho intramolecular Hbond substituents is 1. The minimum absolute atomic E-state index is 0. The van der Waals surface area contributed by atoms with Crippen molar-refractivity contribution in [2.24, 2.45) is 0 Å². The van der Waals surface area contributed by atoms with E-state index in [9.17, 15) is 5.11 Å². The van der Waals surface area contributed by atoms with Gasteiger partial charge in [0.15, 0.2) is 4.98 Å². The van der Waals surface area contributed by atoms with E-state index in [1.807, 2.05) is 18.2 Å². The van der Waals surface area contributed by atoms with Gasteiger partial charge < -0.3 is 13.5 Å². The van der Waals surface area contributed by atoms with E-state index in [0.717, 1.165) is 10.8 Å². The Labute approximate surface area is 83.2 Å². The van der Waals surface area contributed by atoms with Crippen LogP contribution in [0.2, 0.25) is 0 Å². The average molecular weight is 182 g/mol. The first-order chi connectivity index (χ1) is 6.33. The average Bonchev–Trinajstić information content (AvgIpc) is 2.18. The highest BCUT2D eigenvalue weighted by molar-refractivity contribution is 5.97. The molecule has 0 unspecified atom stereocenters. The molecule has 4 radical (unpaired) electrons. The van der Waals surface area contributed by atoms with Crippen LogP contribution in [0.5, 0.6) is 5.75 Å². The number of benzene rings is 2. The molecule has 4 heteroatoms. The quantitative estimate of drug-likeness (QED) is 0.502. The molecular weight excluding hydrogens is 175 g/mol. The molecule has 2 aromatic rings. The third-order valence-electron chi connectivity index (χ3n) is 1.98. The van der Waals surface area contributed by atoms with Crippen molar-refractivity contribution < 1.29 is 5.11 Å². The molecule has 0 aromatic heterocycles. The van der Waals surface area contributed by atoms with Gasteiger partial charge in [-0.05, 0) is 17.5 Å². The van der Waals surface area contributed by atoms with E-state index in [4.69, 9.17) is 5.39 Å². The van der Waals surface area contributed by atoms with E-state index in [1.165, 1.54) is 6.07 Å². The van der Waals surface area contributed by atoms with Gasteiger partial charge in [0.2, 0.25) is 11.1 Å². The Kier molecular flexibility index (Phi) is 2.73. The van der Waals surface area contributed by atoms with E-state index >= 15 is 0 Å². The fraction of sp³-hybridized carbons (Fsp3) is 0. The second kappa shape index (κ2) is 3.80. The SMILES string of the molecule is N#[N+]c1c(O)ccc2ccccc12.[B-]. The number of hydrogen-bond acceptors (Lipinski definition) is 2. The van der Waals surface area contributed by atoms with Crippen LogP contribution in [0, 0.1) is 5.39 Å². The monoisotopic (exact) mass is 182 g/mol. The largest absolute Gasteiger partial charge is 1.00 e. The van der Waals surface area contributed by atoms with Gasteiger partial charge in [-0.25, -0.2) is 0 Å². The summed E-state index contributed by atoms with van der Waals surface area (Å²) >= 11 is 0. The maximum absolute atomic E-state index is 9.35. The predicted octanol–water partition coefficient (Wildman–Crippen LogP) is 2.65. The van der Waals surface area contributed by atoms with Gasteiger partial charge in [-0.15, -0.1) is 0 Å². The third-order valence-corrected chi connectivity index (χ3v) is 1.98. The molecule has 0 amide bonds. The molecule has 2 rings (SSSR count). The van der Waals surface area contributed by atoms with Crippen molar-refractivity contribution in [3.8, 4) is 5.75 Å². The van der Waals surface area contributed by atoms with Crippen molar-refractivity contribution >= 4 is 24.9 Å². The summed E-state index contributed by atoms with van der Waals surface area (Å²) in [6.07, 6.45) is 0. The lowest BCUT2D eigenvalue weighted by atomic mass is 10.1. The molecule has 0 heterocycles. The predicted molar refractivity (Wildman–Crippen MR) is 56.1 cm³/mol. The van der Waals surface area contributed by atoms with E-state index in [-0.39, 0.29) is 19.8 Å². The summed E-state index contributed by atoms with van der Waals surface area (Å²) in [6, 6.07) is 10.7. The number of nitrogens with zero attached hydrogens (tertiary/aromatic N) is 2. The van der Waals surface area contributed by atoms with E-state index in [2.05, 4.69) is 4.98 Å². The van der Waals surface area contributed by atoms with Gasteiger partial charge in [-0.1, -0.05) is 24.3 Å². The third kappa shape index (κ3) is 1.40. The molecule has 0 atom stereocenters. The molecule has 0 saturated heterocycles. The van der Waals surface area contributed by atoms with Gasteiger partial charge >= 0.3 is 5.69 Å². The van der Waals surface area contributed by atoms with Crippen LogP contribution in [0.25, 0.3) is 15.7 Å². The van der Waals surface area contributed by atoms with Gasteiger partial charge in [0.05, 0.1) is 5.39 Å². The highest BCUT2D eigenvalue weighted by Gasteiger charge is 2.16. The molecule has 0 aliphatic heterocycles. The number of rotatable bonds is 0. The van der Waals surface area contributed by atoms with Gasteiger partial charge in [0.1, 0.15) is 0 Å². The first kappa shape index (κ1) is 10.1. The van der Waals surface area contributed by atoms with Crippen molar-refractivity contribution in [1.82, 2.24) is 0 Å². The molecule has 0 bridgehead atoms. The van der Waals surface area contributed by atoms with Crippen molar-refractivity contribution in [1.29, 1.82) is 5.39 Å². The van der Waals surface area contributed by atoms with Gasteiger partial charge in [0.25, 0.3) is 0 Å². The molecule has 66 valence electrons. The second-order valence-corrected chi connectivity index (χ2v) is 2.75. The van der Waals surface area contributed by atoms with Crippen LogP contribution in [0.15, 0.2) is 36.4 Å². The van der Waals surface area contributed by atoms with Gasteiger partial charge in [-0.3, -0.25) is 0 Å². The molecule has 3 nitrogen and oxygen atoms in total. The Morgan fingerprint density at radius 1 is 1.07 bits per heavy atom. The Morgan fingerprint density at radius 2 is 1.79 bits per heavy atom. The standard InChI is InChI=1S/C10H6N2O.B/c11-12-10-8-4-2-1-3-7(8)5-6-9(10)13;/h1-6H;/q;-1/p+1. The molecule has 0 aliphatic rings. The Morgan fingerprint density at radius 3 is 2.50 bits per heavy atom. The number of phenols is 1. The van der Waals surface area contributed by atoms with Gasteiger partial charge in [-0.2, -0.15) is 0 Å². The smallest absolute Gasteiger partial charge is 0.433 e. The number of fused-ring (bicyclic) bond motifs is 1. The summed E-state index contributed by atoms with van der Waals surface area (Å²) < 4.78 is 0. The van der Waals surface area contributed by atoms with Crippen LogP contribution in [0.1, 0.15) is 0 Å². The number of aromatic hydroxyl groups is 1. The van der Waals surface area contributed by atoms with Crippen molar-refractivity contribution in [2.45, 2.75) is 0 Å². The van der Waals surface area contributed by atoms with Crippen LogP contribution in [0.3, 0.4) is 0 Å². The maximum atomic E-state index is 9.35. The van der Waals surface area contributed by atoms with Gasteiger partial charge in [0, 0.05) is 0 Å². The Balaban J connectivity index is 0.000000980. The summed E-state index contributed by atoms with van der Waals surface area (Å²) in [4.78, 5) is 3.05. The highest BCUT2D eigenvalue weighted by Crippen LogP contribution is 2.34. The lowest BCUT2D eigenvalue weighted by Crippen LogP contribution is -1.72. The van der Waals surface area contributed by atoms with Crippen LogP contribution in [-0.2, 0) is 0 Å². The fourth-order valence-electron chi connectivity index (χ4n) is 1.35. The summed E-state index contributed by atoms with van der Waals surface area (Å²) in [5.41, 5.74) is 0.220. The zero-order valence-electron chi connectivity index (χ0n) is 7.38. The molecule has 0 fully saturated rings. The molecular formula is C10H7BN2O. The molecule has 0 saturated carbocycles. The molecule has 2 aromatic carbocycles. The fourth-order valence-corrected chi connectivity index (χ4v) is 1.35. The number of hydrogen-bond donors (Lipinski definition) is 1. The lowest BCUT2D eigenvalue weighted by Gasteiger charge is -1.93. The summed E-state index contributed by atoms with van der Waals surface area (Å²) in [5.74, 6) is -0.0128. The maximum Gasteiger partial charge on any atom is 0.433 e. The number of diazo groups is 1. The van der Waals surface area contributed by atoms with E-state index in [0.29, 0.717) is 0 Å². The molecule has 0 aliphatic carbocycles. The van der Waals surface area contributed by atoms with Crippen molar-refractivity contribution in [3.05, 3.63) is 41.4 Å². The first-order valence-electron chi connectivity index (χ1n) is 3.89. The zero-order valence-corrected chi connectivity index (χ0v) is 7.38. The minimum atomic E-state index is -0.0128. The molecule has 0 spiro atoms. The van der Waals surface area contributed by atoms with Crippen LogP contribution >= 0.6 is 0 Å². The summed E-state index contributed by atoms with van der Waals surface area (Å²) in [5, 5.41) is 19.7. The van der Waals surface area contributed by atoms with E-state index in [1.54, 1.807) is 12.1 Å². The Bertz CT molecular complexity index is 505. The summed E-state index contributed by atoms with van der Waals surface area (Å²) in [6.45, 7) is 0. The first-order valence-corrected chi connectivity index (χ1v) is 3.89. The highest BCUT2D eigenvalue weighted by atomic mass is 16.3.